The summed E-state index contributed by atoms with van der Waals surface area (Å²) in [5.41, 5.74) is 2.26. The third kappa shape index (κ3) is 4.43. The second kappa shape index (κ2) is 7.59. The quantitative estimate of drug-likeness (QED) is 0.842. The average molecular weight is 346 g/mol. The van der Waals surface area contributed by atoms with E-state index in [1.165, 1.54) is 24.3 Å². The molecule has 0 aromatic heterocycles. The highest BCUT2D eigenvalue weighted by molar-refractivity contribution is 7.89. The van der Waals surface area contributed by atoms with Crippen molar-refractivity contribution in [2.75, 3.05) is 11.9 Å². The molecule has 5 nitrogen and oxygen atoms in total. The second-order valence-electron chi connectivity index (χ2n) is 5.76. The Morgan fingerprint density at radius 3 is 2.33 bits per heavy atom. The van der Waals surface area contributed by atoms with E-state index >= 15 is 0 Å². The van der Waals surface area contributed by atoms with Gasteiger partial charge in [0.15, 0.2) is 0 Å². The lowest BCUT2D eigenvalue weighted by Crippen LogP contribution is -2.23. The monoisotopic (exact) mass is 346 g/mol. The lowest BCUT2D eigenvalue weighted by molar-refractivity contribution is 0.102. The Kier molecular flexibility index (Phi) is 5.75. The number of hydrogen-bond acceptors (Lipinski definition) is 3. The van der Waals surface area contributed by atoms with E-state index in [1.54, 1.807) is 6.92 Å². The molecule has 24 heavy (non-hydrogen) atoms. The van der Waals surface area contributed by atoms with Crippen LogP contribution < -0.4 is 10.0 Å². The summed E-state index contributed by atoms with van der Waals surface area (Å²) in [6.45, 7) is 6.20. The fraction of sp³-hybridized carbons (Fsp3) is 0.278. The number of rotatable bonds is 6. The van der Waals surface area contributed by atoms with Crippen LogP contribution in [0.1, 0.15) is 42.6 Å². The van der Waals surface area contributed by atoms with Crippen molar-refractivity contribution in [1.82, 2.24) is 4.72 Å². The van der Waals surface area contributed by atoms with Crippen LogP contribution in [0.5, 0.6) is 0 Å². The Balaban J connectivity index is 2.15. The highest BCUT2D eigenvalue weighted by atomic mass is 32.2. The number of carbonyl (C=O) groups excluding carboxylic acids is 1. The molecule has 0 bridgehead atoms. The van der Waals surface area contributed by atoms with Gasteiger partial charge in [-0.2, -0.15) is 0 Å². The van der Waals surface area contributed by atoms with Gasteiger partial charge in [0, 0.05) is 17.8 Å². The van der Waals surface area contributed by atoms with Crippen molar-refractivity contribution < 1.29 is 13.2 Å². The van der Waals surface area contributed by atoms with E-state index in [-0.39, 0.29) is 10.8 Å². The highest BCUT2D eigenvalue weighted by Gasteiger charge is 2.14. The van der Waals surface area contributed by atoms with Gasteiger partial charge in [0.2, 0.25) is 10.0 Å². The first-order valence-corrected chi connectivity index (χ1v) is 9.33. The van der Waals surface area contributed by atoms with Crippen molar-refractivity contribution in [3.8, 4) is 0 Å². The van der Waals surface area contributed by atoms with Gasteiger partial charge in [0.05, 0.1) is 4.90 Å². The Morgan fingerprint density at radius 1 is 1.08 bits per heavy atom. The molecule has 0 saturated carbocycles. The van der Waals surface area contributed by atoms with Gasteiger partial charge >= 0.3 is 0 Å². The second-order valence-corrected chi connectivity index (χ2v) is 7.53. The normalized spacial score (nSPS) is 11.5. The molecule has 0 atom stereocenters. The Hall–Kier alpha value is -2.18. The summed E-state index contributed by atoms with van der Waals surface area (Å²) in [5.74, 6) is 0.0979. The van der Waals surface area contributed by atoms with Crippen molar-refractivity contribution in [1.29, 1.82) is 0 Å². The minimum absolute atomic E-state index is 0.141. The molecule has 6 heteroatoms. The van der Waals surface area contributed by atoms with E-state index in [2.05, 4.69) is 23.9 Å². The first-order valence-electron chi connectivity index (χ1n) is 7.84. The van der Waals surface area contributed by atoms with Crippen LogP contribution in [0.3, 0.4) is 0 Å². The van der Waals surface area contributed by atoms with Crippen LogP contribution in [-0.4, -0.2) is 20.9 Å². The van der Waals surface area contributed by atoms with Crippen LogP contribution in [0.25, 0.3) is 0 Å². The van der Waals surface area contributed by atoms with Gasteiger partial charge in [0.25, 0.3) is 5.91 Å². The van der Waals surface area contributed by atoms with E-state index in [0.717, 1.165) is 11.3 Å². The zero-order chi connectivity index (χ0) is 17.7. The van der Waals surface area contributed by atoms with Crippen molar-refractivity contribution in [3.05, 3.63) is 59.7 Å². The van der Waals surface area contributed by atoms with E-state index < -0.39 is 10.0 Å². The van der Waals surface area contributed by atoms with Crippen LogP contribution >= 0.6 is 0 Å². The van der Waals surface area contributed by atoms with Crippen molar-refractivity contribution in [2.24, 2.45) is 0 Å². The Morgan fingerprint density at radius 2 is 1.75 bits per heavy atom. The van der Waals surface area contributed by atoms with Gasteiger partial charge in [-0.15, -0.1) is 0 Å². The maximum Gasteiger partial charge on any atom is 0.255 e. The molecule has 0 radical (unpaired) electrons. The molecule has 1 amide bonds. The molecule has 2 aromatic rings. The molecule has 2 N–H and O–H groups in total. The molecule has 0 aliphatic rings. The minimum atomic E-state index is -3.51. The lowest BCUT2D eigenvalue weighted by atomic mass is 10.0. The van der Waals surface area contributed by atoms with Crippen LogP contribution in [-0.2, 0) is 10.0 Å². The first-order chi connectivity index (χ1) is 11.3. The molecule has 0 saturated heterocycles. The number of anilines is 1. The Bertz CT molecular complexity index is 812. The SMILES string of the molecule is CCNS(=O)(=O)c1ccc(C(=O)Nc2cccc(C(C)C)c2)cc1. The van der Waals surface area contributed by atoms with Crippen LogP contribution in [0, 0.1) is 0 Å². The predicted octanol–water partition coefficient (Wildman–Crippen LogP) is 3.36. The summed E-state index contributed by atoms with van der Waals surface area (Å²) in [6.07, 6.45) is 0. The molecule has 0 heterocycles. The maximum absolute atomic E-state index is 12.3. The molecule has 0 spiro atoms. The zero-order valence-electron chi connectivity index (χ0n) is 14.0. The molecule has 128 valence electrons. The van der Waals surface area contributed by atoms with Crippen LogP contribution in [0.4, 0.5) is 5.69 Å². The number of benzene rings is 2. The molecule has 2 aromatic carbocycles. The summed E-state index contributed by atoms with van der Waals surface area (Å²) in [6, 6.07) is 13.5. The number of carbonyl (C=O) groups is 1. The van der Waals surface area contributed by atoms with E-state index in [0.29, 0.717) is 18.0 Å². The van der Waals surface area contributed by atoms with Gasteiger partial charge < -0.3 is 5.32 Å². The van der Waals surface area contributed by atoms with Crippen molar-refractivity contribution in [3.63, 3.8) is 0 Å². The summed E-state index contributed by atoms with van der Waals surface area (Å²) in [7, 11) is -3.51. The van der Waals surface area contributed by atoms with Crippen LogP contribution in [0.2, 0.25) is 0 Å². The molecule has 0 aliphatic carbocycles. The third-order valence-electron chi connectivity index (χ3n) is 3.57. The van der Waals surface area contributed by atoms with Crippen molar-refractivity contribution >= 4 is 21.6 Å². The number of hydrogen-bond donors (Lipinski definition) is 2. The van der Waals surface area contributed by atoms with E-state index in [9.17, 15) is 13.2 Å². The molecular weight excluding hydrogens is 324 g/mol. The van der Waals surface area contributed by atoms with Crippen LogP contribution in [0.15, 0.2) is 53.4 Å². The number of amides is 1. The zero-order valence-corrected chi connectivity index (χ0v) is 14.9. The largest absolute Gasteiger partial charge is 0.322 e. The minimum Gasteiger partial charge on any atom is -0.322 e. The number of nitrogens with one attached hydrogen (secondary N) is 2. The molecular formula is C18H22N2O3S. The number of sulfonamides is 1. The fourth-order valence-corrected chi connectivity index (χ4v) is 3.28. The molecule has 2 rings (SSSR count). The highest BCUT2D eigenvalue weighted by Crippen LogP contribution is 2.19. The smallest absolute Gasteiger partial charge is 0.255 e. The summed E-state index contributed by atoms with van der Waals surface area (Å²) < 4.78 is 26.2. The Labute approximate surface area is 143 Å². The molecule has 0 fully saturated rings. The topological polar surface area (TPSA) is 75.3 Å². The summed E-state index contributed by atoms with van der Waals surface area (Å²) in [4.78, 5) is 12.4. The third-order valence-corrected chi connectivity index (χ3v) is 5.13. The first kappa shape index (κ1) is 18.2. The van der Waals surface area contributed by atoms with E-state index in [1.807, 2.05) is 24.3 Å². The summed E-state index contributed by atoms with van der Waals surface area (Å²) in [5, 5.41) is 2.83. The molecule has 0 aliphatic heterocycles. The van der Waals surface area contributed by atoms with Gasteiger partial charge in [-0.1, -0.05) is 32.9 Å². The predicted molar refractivity (Wildman–Crippen MR) is 95.8 cm³/mol. The van der Waals surface area contributed by atoms with Gasteiger partial charge in [0.1, 0.15) is 0 Å². The van der Waals surface area contributed by atoms with Gasteiger partial charge in [-0.25, -0.2) is 13.1 Å². The fourth-order valence-electron chi connectivity index (χ4n) is 2.24. The summed E-state index contributed by atoms with van der Waals surface area (Å²) >= 11 is 0. The average Bonchev–Trinajstić information content (AvgIpc) is 2.55. The van der Waals surface area contributed by atoms with Gasteiger partial charge in [-0.05, 0) is 47.9 Å². The van der Waals surface area contributed by atoms with Gasteiger partial charge in [-0.3, -0.25) is 4.79 Å². The van der Waals surface area contributed by atoms with Crippen molar-refractivity contribution in [2.45, 2.75) is 31.6 Å². The lowest BCUT2D eigenvalue weighted by Gasteiger charge is -2.10. The molecule has 0 unspecified atom stereocenters. The standard InChI is InChI=1S/C18H22N2O3S/c1-4-19-24(22,23)17-10-8-14(9-11-17)18(21)20-16-7-5-6-15(12-16)13(2)3/h5-13,19H,4H2,1-3H3,(H,20,21). The maximum atomic E-state index is 12.3. The van der Waals surface area contributed by atoms with E-state index in [4.69, 9.17) is 0 Å².